The molecule has 2 unspecified atom stereocenters. The fourth-order valence-electron chi connectivity index (χ4n) is 2.66. The van der Waals surface area contributed by atoms with Crippen LogP contribution in [0.3, 0.4) is 0 Å². The highest BCUT2D eigenvalue weighted by molar-refractivity contribution is 5.41. The van der Waals surface area contributed by atoms with Crippen LogP contribution in [0.15, 0.2) is 42.5 Å². The highest BCUT2D eigenvalue weighted by atomic mass is 19.1. The Balaban J connectivity index is 2.08. The highest BCUT2D eigenvalue weighted by Gasteiger charge is 2.17. The minimum Gasteiger partial charge on any atom is -0.497 e. The van der Waals surface area contributed by atoms with E-state index in [1.54, 1.807) is 44.6 Å². The third-order valence-corrected chi connectivity index (χ3v) is 4.03. The molecule has 0 amide bonds. The molecule has 0 aromatic heterocycles. The lowest BCUT2D eigenvalue weighted by Gasteiger charge is -2.21. The van der Waals surface area contributed by atoms with Crippen LogP contribution in [0.5, 0.6) is 11.5 Å². The van der Waals surface area contributed by atoms with Crippen molar-refractivity contribution in [2.45, 2.75) is 25.5 Å². The molecule has 0 fully saturated rings. The van der Waals surface area contributed by atoms with Crippen LogP contribution in [0.1, 0.15) is 36.6 Å². The molecule has 0 aliphatic heterocycles. The number of benzene rings is 2. The lowest BCUT2D eigenvalue weighted by atomic mass is 10.0. The molecule has 2 aromatic rings. The Kier molecular flexibility index (Phi) is 6.58. The van der Waals surface area contributed by atoms with E-state index in [4.69, 9.17) is 9.47 Å². The zero-order valence-corrected chi connectivity index (χ0v) is 14.3. The summed E-state index contributed by atoms with van der Waals surface area (Å²) in [7, 11) is 3.15. The van der Waals surface area contributed by atoms with Gasteiger partial charge in [-0.1, -0.05) is 19.1 Å². The predicted octanol–water partition coefficient (Wildman–Crippen LogP) is 3.62. The molecule has 4 nitrogen and oxygen atoms in total. The summed E-state index contributed by atoms with van der Waals surface area (Å²) in [5.41, 5.74) is 1.65. The van der Waals surface area contributed by atoms with Crippen molar-refractivity contribution in [3.63, 3.8) is 0 Å². The SMILES string of the molecule is CCC(NCC(O)c1cc(OC)ccc1OC)c1ccc(F)cc1. The summed E-state index contributed by atoms with van der Waals surface area (Å²) in [4.78, 5) is 0. The summed E-state index contributed by atoms with van der Waals surface area (Å²) in [5.74, 6) is 1.02. The van der Waals surface area contributed by atoms with Gasteiger partial charge in [-0.2, -0.15) is 0 Å². The maximum Gasteiger partial charge on any atom is 0.124 e. The number of hydrogen-bond donors (Lipinski definition) is 2. The zero-order valence-electron chi connectivity index (χ0n) is 14.3. The molecule has 2 aromatic carbocycles. The van der Waals surface area contributed by atoms with E-state index >= 15 is 0 Å². The number of rotatable bonds is 8. The fraction of sp³-hybridized carbons (Fsp3) is 0.368. The van der Waals surface area contributed by atoms with Gasteiger partial charge < -0.3 is 19.9 Å². The molecule has 24 heavy (non-hydrogen) atoms. The van der Waals surface area contributed by atoms with Crippen LogP contribution in [0.4, 0.5) is 4.39 Å². The highest BCUT2D eigenvalue weighted by Crippen LogP contribution is 2.29. The van der Waals surface area contributed by atoms with Crippen LogP contribution in [-0.2, 0) is 0 Å². The molecule has 2 rings (SSSR count). The second kappa shape index (κ2) is 8.66. The second-order valence-corrected chi connectivity index (χ2v) is 5.54. The number of nitrogens with one attached hydrogen (secondary N) is 1. The first-order valence-corrected chi connectivity index (χ1v) is 7.97. The number of ether oxygens (including phenoxy) is 2. The predicted molar refractivity (Wildman–Crippen MR) is 91.9 cm³/mol. The first-order valence-electron chi connectivity index (χ1n) is 7.97. The van der Waals surface area contributed by atoms with Crippen molar-refractivity contribution in [3.8, 4) is 11.5 Å². The van der Waals surface area contributed by atoms with Gasteiger partial charge in [0.1, 0.15) is 17.3 Å². The molecule has 5 heteroatoms. The molecule has 2 N–H and O–H groups in total. The van der Waals surface area contributed by atoms with Crippen LogP contribution in [-0.4, -0.2) is 25.9 Å². The summed E-state index contributed by atoms with van der Waals surface area (Å²) in [6, 6.07) is 11.8. The molecular formula is C19H24FNO3. The molecule has 0 bridgehead atoms. The number of aliphatic hydroxyl groups is 1. The average Bonchev–Trinajstić information content (AvgIpc) is 2.62. The molecular weight excluding hydrogens is 309 g/mol. The van der Waals surface area contributed by atoms with Gasteiger partial charge in [0.25, 0.3) is 0 Å². The van der Waals surface area contributed by atoms with Crippen molar-refractivity contribution in [1.29, 1.82) is 0 Å². The maximum atomic E-state index is 13.1. The van der Waals surface area contributed by atoms with Crippen LogP contribution in [0, 0.1) is 5.82 Å². The normalized spacial score (nSPS) is 13.4. The number of halogens is 1. The molecule has 130 valence electrons. The Hall–Kier alpha value is -2.11. The summed E-state index contributed by atoms with van der Waals surface area (Å²) in [6.45, 7) is 2.39. The van der Waals surface area contributed by atoms with Crippen LogP contribution < -0.4 is 14.8 Å². The van der Waals surface area contributed by atoms with E-state index in [-0.39, 0.29) is 11.9 Å². The molecule has 0 saturated heterocycles. The Morgan fingerprint density at radius 1 is 1.08 bits per heavy atom. The lowest BCUT2D eigenvalue weighted by Crippen LogP contribution is -2.26. The van der Waals surface area contributed by atoms with Crippen molar-refractivity contribution < 1.29 is 19.0 Å². The Bertz CT molecular complexity index is 646. The monoisotopic (exact) mass is 333 g/mol. The van der Waals surface area contributed by atoms with Crippen molar-refractivity contribution in [2.24, 2.45) is 0 Å². The second-order valence-electron chi connectivity index (χ2n) is 5.54. The third kappa shape index (κ3) is 4.46. The molecule has 0 heterocycles. The largest absolute Gasteiger partial charge is 0.497 e. The van der Waals surface area contributed by atoms with Crippen molar-refractivity contribution in [2.75, 3.05) is 20.8 Å². The average molecular weight is 333 g/mol. The maximum absolute atomic E-state index is 13.1. The Morgan fingerprint density at radius 3 is 2.38 bits per heavy atom. The Labute approximate surface area is 142 Å². The smallest absolute Gasteiger partial charge is 0.124 e. The van der Waals surface area contributed by atoms with Gasteiger partial charge in [0, 0.05) is 18.2 Å². The minimum atomic E-state index is -0.746. The third-order valence-electron chi connectivity index (χ3n) is 4.03. The molecule has 0 radical (unpaired) electrons. The van der Waals surface area contributed by atoms with E-state index in [9.17, 15) is 9.50 Å². The van der Waals surface area contributed by atoms with Gasteiger partial charge in [-0.25, -0.2) is 4.39 Å². The van der Waals surface area contributed by atoms with Crippen LogP contribution in [0.2, 0.25) is 0 Å². The van der Waals surface area contributed by atoms with Gasteiger partial charge in [0.2, 0.25) is 0 Å². The quantitative estimate of drug-likeness (QED) is 0.775. The molecule has 2 atom stereocenters. The van der Waals surface area contributed by atoms with Crippen LogP contribution in [0.25, 0.3) is 0 Å². The van der Waals surface area contributed by atoms with Gasteiger partial charge in [0.15, 0.2) is 0 Å². The first kappa shape index (κ1) is 18.2. The van der Waals surface area contributed by atoms with Gasteiger partial charge in [-0.3, -0.25) is 0 Å². The van der Waals surface area contributed by atoms with Crippen molar-refractivity contribution >= 4 is 0 Å². The summed E-state index contributed by atoms with van der Waals surface area (Å²) >= 11 is 0. The van der Waals surface area contributed by atoms with Gasteiger partial charge in [0.05, 0.1) is 20.3 Å². The molecule has 0 aliphatic carbocycles. The zero-order chi connectivity index (χ0) is 17.5. The standard InChI is InChI=1S/C19H24FNO3/c1-4-17(13-5-7-14(20)8-6-13)21-12-18(22)16-11-15(23-2)9-10-19(16)24-3/h5-11,17-18,21-22H,4,12H2,1-3H3. The van der Waals surface area contributed by atoms with Gasteiger partial charge in [-0.15, -0.1) is 0 Å². The van der Waals surface area contributed by atoms with E-state index in [1.807, 2.05) is 6.92 Å². The van der Waals surface area contributed by atoms with E-state index in [2.05, 4.69) is 5.32 Å². The van der Waals surface area contributed by atoms with E-state index in [0.717, 1.165) is 12.0 Å². The molecule has 0 spiro atoms. The topological polar surface area (TPSA) is 50.7 Å². The van der Waals surface area contributed by atoms with Gasteiger partial charge in [-0.05, 0) is 42.3 Å². The number of aliphatic hydroxyl groups excluding tert-OH is 1. The summed E-state index contributed by atoms with van der Waals surface area (Å²) < 4.78 is 23.6. The molecule has 0 saturated carbocycles. The number of hydrogen-bond acceptors (Lipinski definition) is 4. The van der Waals surface area contributed by atoms with E-state index in [1.165, 1.54) is 12.1 Å². The fourth-order valence-corrected chi connectivity index (χ4v) is 2.66. The van der Waals surface area contributed by atoms with E-state index in [0.29, 0.717) is 23.6 Å². The van der Waals surface area contributed by atoms with Gasteiger partial charge >= 0.3 is 0 Å². The summed E-state index contributed by atoms with van der Waals surface area (Å²) in [5, 5.41) is 13.9. The molecule has 0 aliphatic rings. The lowest BCUT2D eigenvalue weighted by molar-refractivity contribution is 0.165. The number of methoxy groups -OCH3 is 2. The van der Waals surface area contributed by atoms with Crippen molar-refractivity contribution in [3.05, 3.63) is 59.4 Å². The minimum absolute atomic E-state index is 0.0388. The van der Waals surface area contributed by atoms with Crippen LogP contribution >= 0.6 is 0 Å². The van der Waals surface area contributed by atoms with E-state index < -0.39 is 6.10 Å². The Morgan fingerprint density at radius 2 is 1.79 bits per heavy atom. The van der Waals surface area contributed by atoms with Crippen molar-refractivity contribution in [1.82, 2.24) is 5.32 Å². The summed E-state index contributed by atoms with van der Waals surface area (Å²) in [6.07, 6.45) is 0.0812. The first-order chi connectivity index (χ1) is 11.6.